The lowest BCUT2D eigenvalue weighted by Crippen LogP contribution is -2.13. The van der Waals surface area contributed by atoms with Gasteiger partial charge in [-0.15, -0.1) is 11.3 Å². The Balaban J connectivity index is 2.39. The predicted molar refractivity (Wildman–Crippen MR) is 77.2 cm³/mol. The molecule has 0 spiro atoms. The Morgan fingerprint density at radius 1 is 1.11 bits per heavy atom. The highest BCUT2D eigenvalue weighted by Gasteiger charge is 2.22. The molecule has 2 aromatic rings. The standard InChI is InChI=1S/C8H3Cl4N3O2S2/c9-4-2-6(14-8(12)13-4)15-19(16,17)3-1-5(10)18-7(3)11/h1-2H,(H,13,14,15). The largest absolute Gasteiger partial charge is 0.265 e. The molecule has 0 aliphatic rings. The fourth-order valence-electron chi connectivity index (χ4n) is 1.14. The molecule has 0 saturated carbocycles. The molecule has 2 aromatic heterocycles. The minimum atomic E-state index is -3.92. The molecule has 0 radical (unpaired) electrons. The summed E-state index contributed by atoms with van der Waals surface area (Å²) in [4.78, 5) is 7.14. The van der Waals surface area contributed by atoms with Crippen LogP contribution in [0.4, 0.5) is 5.82 Å². The molecule has 0 bridgehead atoms. The van der Waals surface area contributed by atoms with Crippen molar-refractivity contribution in [1.82, 2.24) is 9.97 Å². The zero-order valence-electron chi connectivity index (χ0n) is 8.69. The number of halogens is 4. The van der Waals surface area contributed by atoms with Gasteiger partial charge in [0.05, 0.1) is 4.34 Å². The lowest BCUT2D eigenvalue weighted by atomic mass is 10.6. The molecular formula is C8H3Cl4N3O2S2. The monoisotopic (exact) mass is 377 g/mol. The Morgan fingerprint density at radius 3 is 2.32 bits per heavy atom. The molecule has 0 fully saturated rings. The van der Waals surface area contributed by atoms with E-state index in [2.05, 4.69) is 14.7 Å². The lowest BCUT2D eigenvalue weighted by molar-refractivity contribution is 0.601. The van der Waals surface area contributed by atoms with E-state index in [1.54, 1.807) is 0 Å². The summed E-state index contributed by atoms with van der Waals surface area (Å²) in [6.07, 6.45) is 0. The van der Waals surface area contributed by atoms with Crippen LogP contribution in [-0.4, -0.2) is 18.4 Å². The number of thiophene rings is 1. The zero-order valence-corrected chi connectivity index (χ0v) is 13.4. The number of nitrogens with zero attached hydrogens (tertiary/aromatic N) is 2. The highest BCUT2D eigenvalue weighted by atomic mass is 35.5. The lowest BCUT2D eigenvalue weighted by Gasteiger charge is -2.06. The summed E-state index contributed by atoms with van der Waals surface area (Å²) in [5.74, 6) is -0.0663. The molecule has 0 atom stereocenters. The van der Waals surface area contributed by atoms with Gasteiger partial charge in [0.1, 0.15) is 20.2 Å². The normalized spacial score (nSPS) is 11.6. The summed E-state index contributed by atoms with van der Waals surface area (Å²) in [6.45, 7) is 0. The topological polar surface area (TPSA) is 72.0 Å². The quantitative estimate of drug-likeness (QED) is 0.648. The molecule has 0 saturated heterocycles. The molecule has 102 valence electrons. The van der Waals surface area contributed by atoms with Crippen LogP contribution in [0.15, 0.2) is 17.0 Å². The summed E-state index contributed by atoms with van der Waals surface area (Å²) in [5.41, 5.74) is 0. The summed E-state index contributed by atoms with van der Waals surface area (Å²) in [6, 6.07) is 2.45. The van der Waals surface area contributed by atoms with Crippen LogP contribution in [0, 0.1) is 0 Å². The zero-order chi connectivity index (χ0) is 14.2. The van der Waals surface area contributed by atoms with Gasteiger partial charge in [-0.25, -0.2) is 13.4 Å². The van der Waals surface area contributed by atoms with Gasteiger partial charge in [0.25, 0.3) is 10.0 Å². The first-order valence-electron chi connectivity index (χ1n) is 4.45. The van der Waals surface area contributed by atoms with Crippen molar-refractivity contribution >= 4 is 73.6 Å². The molecule has 11 heteroatoms. The first kappa shape index (κ1) is 15.1. The Kier molecular flexibility index (Phi) is 4.44. The van der Waals surface area contributed by atoms with Crippen molar-refractivity contribution in [3.63, 3.8) is 0 Å². The van der Waals surface area contributed by atoms with E-state index in [9.17, 15) is 8.42 Å². The third-order valence-corrected chi connectivity index (χ3v) is 5.29. The first-order valence-corrected chi connectivity index (χ1v) is 8.27. The van der Waals surface area contributed by atoms with Crippen LogP contribution in [0.3, 0.4) is 0 Å². The third-order valence-electron chi connectivity index (χ3n) is 1.82. The summed E-state index contributed by atoms with van der Waals surface area (Å²) in [5, 5.41) is -0.174. The van der Waals surface area contributed by atoms with Crippen LogP contribution in [0.2, 0.25) is 19.1 Å². The van der Waals surface area contributed by atoms with Crippen LogP contribution >= 0.6 is 57.7 Å². The van der Waals surface area contributed by atoms with E-state index in [1.807, 2.05) is 0 Å². The van der Waals surface area contributed by atoms with Crippen molar-refractivity contribution in [1.29, 1.82) is 0 Å². The molecule has 0 amide bonds. The van der Waals surface area contributed by atoms with Gasteiger partial charge >= 0.3 is 0 Å². The number of nitrogens with one attached hydrogen (secondary N) is 1. The van der Waals surface area contributed by atoms with Crippen LogP contribution in [-0.2, 0) is 10.0 Å². The predicted octanol–water partition coefficient (Wildman–Crippen LogP) is 3.95. The van der Waals surface area contributed by atoms with Gasteiger partial charge in [0.15, 0.2) is 0 Å². The van der Waals surface area contributed by atoms with Gasteiger partial charge < -0.3 is 0 Å². The van der Waals surface area contributed by atoms with E-state index in [1.165, 1.54) is 12.1 Å². The average Bonchev–Trinajstić information content (AvgIpc) is 2.56. The average molecular weight is 379 g/mol. The van der Waals surface area contributed by atoms with Crippen LogP contribution in [0.25, 0.3) is 0 Å². The highest BCUT2D eigenvalue weighted by Crippen LogP contribution is 2.35. The summed E-state index contributed by atoms with van der Waals surface area (Å²) in [7, 11) is -3.92. The Bertz CT molecular complexity index is 711. The number of sulfonamides is 1. The van der Waals surface area contributed by atoms with Gasteiger partial charge in [0.2, 0.25) is 5.28 Å². The summed E-state index contributed by atoms with van der Waals surface area (Å²) < 4.78 is 26.6. The second-order valence-electron chi connectivity index (χ2n) is 3.14. The van der Waals surface area contributed by atoms with Crippen molar-refractivity contribution in [2.45, 2.75) is 4.90 Å². The van der Waals surface area contributed by atoms with Gasteiger partial charge in [-0.2, -0.15) is 4.98 Å². The smallest absolute Gasteiger partial charge is 0.263 e. The molecule has 0 unspecified atom stereocenters. The Morgan fingerprint density at radius 2 is 1.79 bits per heavy atom. The molecular weight excluding hydrogens is 376 g/mol. The Labute approximate surface area is 132 Å². The molecule has 5 nitrogen and oxygen atoms in total. The van der Waals surface area contributed by atoms with Gasteiger partial charge in [0, 0.05) is 6.07 Å². The summed E-state index contributed by atoms with van der Waals surface area (Å²) >= 11 is 23.6. The van der Waals surface area contributed by atoms with Crippen molar-refractivity contribution in [3.05, 3.63) is 31.2 Å². The maximum atomic E-state index is 12.1. The van der Waals surface area contributed by atoms with E-state index in [4.69, 9.17) is 46.4 Å². The fraction of sp³-hybridized carbons (Fsp3) is 0. The minimum absolute atomic E-state index is 0.00662. The van der Waals surface area contributed by atoms with E-state index in [0.29, 0.717) is 0 Å². The molecule has 0 aliphatic carbocycles. The molecule has 2 rings (SSSR count). The molecule has 19 heavy (non-hydrogen) atoms. The fourth-order valence-corrected chi connectivity index (χ4v) is 4.69. The second-order valence-corrected chi connectivity index (χ2v) is 7.80. The van der Waals surface area contributed by atoms with Crippen LogP contribution in [0.5, 0.6) is 0 Å². The van der Waals surface area contributed by atoms with E-state index >= 15 is 0 Å². The molecule has 0 aliphatic heterocycles. The van der Waals surface area contributed by atoms with Gasteiger partial charge in [-0.05, 0) is 17.7 Å². The number of hydrogen-bond donors (Lipinski definition) is 1. The number of aromatic nitrogens is 2. The maximum absolute atomic E-state index is 12.1. The molecule has 1 N–H and O–H groups in total. The van der Waals surface area contributed by atoms with Gasteiger partial charge in [-0.3, -0.25) is 4.72 Å². The molecule has 0 aromatic carbocycles. The highest BCUT2D eigenvalue weighted by molar-refractivity contribution is 7.93. The van der Waals surface area contributed by atoms with E-state index in [0.717, 1.165) is 11.3 Å². The van der Waals surface area contributed by atoms with Crippen molar-refractivity contribution in [2.75, 3.05) is 4.72 Å². The van der Waals surface area contributed by atoms with Crippen LogP contribution < -0.4 is 4.72 Å². The number of rotatable bonds is 3. The van der Waals surface area contributed by atoms with E-state index < -0.39 is 10.0 Å². The minimum Gasteiger partial charge on any atom is -0.263 e. The Hall–Kier alpha value is -0.310. The maximum Gasteiger partial charge on any atom is 0.265 e. The van der Waals surface area contributed by atoms with Crippen LogP contribution in [0.1, 0.15) is 0 Å². The van der Waals surface area contributed by atoms with E-state index in [-0.39, 0.29) is 29.8 Å². The third kappa shape index (κ3) is 3.62. The first-order chi connectivity index (χ1) is 8.78. The number of anilines is 1. The molecule has 2 heterocycles. The second kappa shape index (κ2) is 5.59. The van der Waals surface area contributed by atoms with Crippen molar-refractivity contribution in [2.24, 2.45) is 0 Å². The number of hydrogen-bond acceptors (Lipinski definition) is 5. The SMILES string of the molecule is O=S(=O)(Nc1cc(Cl)nc(Cl)n1)c1cc(Cl)sc1Cl. The van der Waals surface area contributed by atoms with Crippen molar-refractivity contribution < 1.29 is 8.42 Å². The van der Waals surface area contributed by atoms with Crippen molar-refractivity contribution in [3.8, 4) is 0 Å². The van der Waals surface area contributed by atoms with Gasteiger partial charge in [-0.1, -0.05) is 34.8 Å².